The second-order valence-corrected chi connectivity index (χ2v) is 4.77. The summed E-state index contributed by atoms with van der Waals surface area (Å²) in [5, 5.41) is 3.28. The van der Waals surface area contributed by atoms with E-state index in [4.69, 9.17) is 17.3 Å². The molecule has 1 aromatic carbocycles. The predicted molar refractivity (Wildman–Crippen MR) is 69.8 cm³/mol. The first-order valence-corrected chi connectivity index (χ1v) is 6.20. The number of nitrogens with two attached hydrogens (primary N) is 1. The fraction of sp³-hybridized carbons (Fsp3) is 0.364. The van der Waals surface area contributed by atoms with Crippen LogP contribution in [0.5, 0.6) is 0 Å². The zero-order valence-electron chi connectivity index (χ0n) is 8.97. The second-order valence-electron chi connectivity index (χ2n) is 3.51. The average molecular weight is 306 g/mol. The van der Waals surface area contributed by atoms with Crippen molar-refractivity contribution < 1.29 is 4.79 Å². The Balaban J connectivity index is 2.63. The maximum atomic E-state index is 11.7. The van der Waals surface area contributed by atoms with Crippen molar-refractivity contribution in [3.63, 3.8) is 0 Å². The van der Waals surface area contributed by atoms with E-state index in [1.807, 2.05) is 6.92 Å². The van der Waals surface area contributed by atoms with E-state index < -0.39 is 0 Å². The average Bonchev–Trinajstić information content (AvgIpc) is 2.29. The van der Waals surface area contributed by atoms with Crippen LogP contribution in [0.25, 0.3) is 0 Å². The molecule has 0 aliphatic heterocycles. The molecule has 0 aliphatic rings. The first kappa shape index (κ1) is 13.5. The Hall–Kier alpha value is -0.580. The van der Waals surface area contributed by atoms with E-state index in [0.29, 0.717) is 17.1 Å². The van der Waals surface area contributed by atoms with Crippen LogP contribution in [0, 0.1) is 0 Å². The van der Waals surface area contributed by atoms with Crippen LogP contribution in [-0.2, 0) is 0 Å². The van der Waals surface area contributed by atoms with Gasteiger partial charge in [-0.05, 0) is 40.5 Å². The SMILES string of the molecule is CCC(N)CNC(=O)c1ccc(Br)c(Cl)c1. The number of rotatable bonds is 4. The van der Waals surface area contributed by atoms with Gasteiger partial charge < -0.3 is 11.1 Å². The molecule has 0 saturated heterocycles. The van der Waals surface area contributed by atoms with Gasteiger partial charge in [-0.1, -0.05) is 18.5 Å². The summed E-state index contributed by atoms with van der Waals surface area (Å²) in [6, 6.07) is 5.08. The highest BCUT2D eigenvalue weighted by Crippen LogP contribution is 2.23. The van der Waals surface area contributed by atoms with E-state index in [1.54, 1.807) is 18.2 Å². The Kier molecular flexibility index (Phi) is 5.25. The highest BCUT2D eigenvalue weighted by Gasteiger charge is 2.08. The molecule has 3 nitrogen and oxygen atoms in total. The lowest BCUT2D eigenvalue weighted by atomic mass is 10.2. The van der Waals surface area contributed by atoms with Crippen molar-refractivity contribution in [2.45, 2.75) is 19.4 Å². The Bertz CT molecular complexity index is 384. The summed E-state index contributed by atoms with van der Waals surface area (Å²) >= 11 is 9.16. The molecule has 3 N–H and O–H groups in total. The summed E-state index contributed by atoms with van der Waals surface area (Å²) in [5.74, 6) is -0.154. The van der Waals surface area contributed by atoms with Crippen LogP contribution in [0.1, 0.15) is 23.7 Å². The van der Waals surface area contributed by atoms with Crippen LogP contribution in [0.15, 0.2) is 22.7 Å². The smallest absolute Gasteiger partial charge is 0.251 e. The van der Waals surface area contributed by atoms with Gasteiger partial charge in [0.15, 0.2) is 0 Å². The third-order valence-electron chi connectivity index (χ3n) is 2.23. The zero-order chi connectivity index (χ0) is 12.1. The van der Waals surface area contributed by atoms with Crippen molar-refractivity contribution in [1.29, 1.82) is 0 Å². The minimum Gasteiger partial charge on any atom is -0.350 e. The molecular weight excluding hydrogens is 291 g/mol. The van der Waals surface area contributed by atoms with E-state index in [9.17, 15) is 4.79 Å². The maximum Gasteiger partial charge on any atom is 0.251 e. The molecule has 1 aromatic rings. The minimum absolute atomic E-state index is 0.00475. The molecule has 5 heteroatoms. The molecular formula is C11H14BrClN2O. The monoisotopic (exact) mass is 304 g/mol. The summed E-state index contributed by atoms with van der Waals surface area (Å²) in [5.41, 5.74) is 6.24. The molecule has 0 heterocycles. The number of hydrogen-bond acceptors (Lipinski definition) is 2. The first-order chi connectivity index (χ1) is 7.54. The summed E-state index contributed by atoms with van der Waals surface area (Å²) in [6.07, 6.45) is 0.835. The second kappa shape index (κ2) is 6.23. The first-order valence-electron chi connectivity index (χ1n) is 5.03. The lowest BCUT2D eigenvalue weighted by Crippen LogP contribution is -2.36. The van der Waals surface area contributed by atoms with Crippen molar-refractivity contribution in [2.24, 2.45) is 5.73 Å². The molecule has 88 valence electrons. The van der Waals surface area contributed by atoms with Gasteiger partial charge in [-0.25, -0.2) is 0 Å². The van der Waals surface area contributed by atoms with E-state index in [0.717, 1.165) is 10.9 Å². The molecule has 1 unspecified atom stereocenters. The van der Waals surface area contributed by atoms with Crippen LogP contribution >= 0.6 is 27.5 Å². The van der Waals surface area contributed by atoms with Crippen molar-refractivity contribution in [3.8, 4) is 0 Å². The number of amides is 1. The molecule has 0 radical (unpaired) electrons. The Morgan fingerprint density at radius 3 is 2.88 bits per heavy atom. The van der Waals surface area contributed by atoms with E-state index in [1.165, 1.54) is 0 Å². The topological polar surface area (TPSA) is 55.1 Å². The molecule has 0 bridgehead atoms. The fourth-order valence-corrected chi connectivity index (χ4v) is 1.53. The number of carbonyl (C=O) groups excluding carboxylic acids is 1. The largest absolute Gasteiger partial charge is 0.350 e. The lowest BCUT2D eigenvalue weighted by molar-refractivity contribution is 0.0951. The molecule has 16 heavy (non-hydrogen) atoms. The summed E-state index contributed by atoms with van der Waals surface area (Å²) < 4.78 is 0.774. The number of hydrogen-bond donors (Lipinski definition) is 2. The summed E-state index contributed by atoms with van der Waals surface area (Å²) in [6.45, 7) is 2.45. The maximum absolute atomic E-state index is 11.7. The third-order valence-corrected chi connectivity index (χ3v) is 3.46. The van der Waals surface area contributed by atoms with Crippen molar-refractivity contribution in [3.05, 3.63) is 33.3 Å². The number of nitrogens with one attached hydrogen (secondary N) is 1. The molecule has 0 aliphatic carbocycles. The van der Waals surface area contributed by atoms with Gasteiger partial charge in [-0.3, -0.25) is 4.79 Å². The van der Waals surface area contributed by atoms with Gasteiger partial charge in [-0.2, -0.15) is 0 Å². The van der Waals surface area contributed by atoms with Crippen LogP contribution in [0.3, 0.4) is 0 Å². The standard InChI is InChI=1S/C11H14BrClN2O/c1-2-8(14)6-15-11(16)7-3-4-9(12)10(13)5-7/h3-5,8H,2,6,14H2,1H3,(H,15,16). The van der Waals surface area contributed by atoms with Gasteiger partial charge in [-0.15, -0.1) is 0 Å². The molecule has 1 atom stereocenters. The Labute approximate surface area is 108 Å². The number of benzene rings is 1. The highest BCUT2D eigenvalue weighted by molar-refractivity contribution is 9.10. The lowest BCUT2D eigenvalue weighted by Gasteiger charge is -2.10. The normalized spacial score (nSPS) is 12.2. The molecule has 1 amide bonds. The van der Waals surface area contributed by atoms with Gasteiger partial charge in [0, 0.05) is 22.6 Å². The van der Waals surface area contributed by atoms with Gasteiger partial charge >= 0.3 is 0 Å². The van der Waals surface area contributed by atoms with Gasteiger partial charge in [0.1, 0.15) is 0 Å². The molecule has 1 rings (SSSR count). The minimum atomic E-state index is -0.154. The Morgan fingerprint density at radius 2 is 2.31 bits per heavy atom. The molecule has 0 saturated carbocycles. The van der Waals surface area contributed by atoms with Gasteiger partial charge in [0.2, 0.25) is 0 Å². The van der Waals surface area contributed by atoms with Crippen LogP contribution in [-0.4, -0.2) is 18.5 Å². The molecule has 0 fully saturated rings. The van der Waals surface area contributed by atoms with E-state index in [2.05, 4.69) is 21.2 Å². The quantitative estimate of drug-likeness (QED) is 0.898. The number of halogens is 2. The van der Waals surface area contributed by atoms with Gasteiger partial charge in [0.25, 0.3) is 5.91 Å². The van der Waals surface area contributed by atoms with Crippen LogP contribution in [0.2, 0.25) is 5.02 Å². The van der Waals surface area contributed by atoms with Gasteiger partial charge in [0.05, 0.1) is 5.02 Å². The van der Waals surface area contributed by atoms with Crippen LogP contribution < -0.4 is 11.1 Å². The molecule has 0 spiro atoms. The van der Waals surface area contributed by atoms with Crippen molar-refractivity contribution in [2.75, 3.05) is 6.54 Å². The van der Waals surface area contributed by atoms with Crippen LogP contribution in [0.4, 0.5) is 0 Å². The number of carbonyl (C=O) groups is 1. The van der Waals surface area contributed by atoms with E-state index in [-0.39, 0.29) is 11.9 Å². The summed E-state index contributed by atoms with van der Waals surface area (Å²) in [4.78, 5) is 11.7. The van der Waals surface area contributed by atoms with Crippen molar-refractivity contribution >= 4 is 33.4 Å². The predicted octanol–water partition coefficient (Wildman–Crippen LogP) is 2.57. The fourth-order valence-electron chi connectivity index (χ4n) is 1.11. The third kappa shape index (κ3) is 3.77. The molecule has 0 aromatic heterocycles. The highest BCUT2D eigenvalue weighted by atomic mass is 79.9. The van der Waals surface area contributed by atoms with Crippen molar-refractivity contribution in [1.82, 2.24) is 5.32 Å². The van der Waals surface area contributed by atoms with E-state index >= 15 is 0 Å². The zero-order valence-corrected chi connectivity index (χ0v) is 11.3. The summed E-state index contributed by atoms with van der Waals surface area (Å²) in [7, 11) is 0. The Morgan fingerprint density at radius 1 is 1.62 bits per heavy atom.